The molecule has 1 aromatic rings. The maximum absolute atomic E-state index is 12.4. The summed E-state index contributed by atoms with van der Waals surface area (Å²) in [6.45, 7) is 5.52. The minimum atomic E-state index is -1.36. The normalized spacial score (nSPS) is 17.9. The van der Waals surface area contributed by atoms with Crippen LogP contribution in [0.3, 0.4) is 0 Å². The van der Waals surface area contributed by atoms with E-state index in [-0.39, 0.29) is 5.91 Å². The van der Waals surface area contributed by atoms with E-state index in [9.17, 15) is 14.7 Å². The van der Waals surface area contributed by atoms with Crippen molar-refractivity contribution in [3.63, 3.8) is 0 Å². The zero-order valence-corrected chi connectivity index (χ0v) is 15.9. The van der Waals surface area contributed by atoms with Gasteiger partial charge in [0.2, 0.25) is 5.91 Å². The van der Waals surface area contributed by atoms with E-state index in [4.69, 9.17) is 5.73 Å². The minimum absolute atomic E-state index is 0.319. The minimum Gasteiger partial charge on any atom is -0.381 e. The van der Waals surface area contributed by atoms with Crippen LogP contribution in [-0.4, -0.2) is 40.6 Å². The molecule has 0 aromatic heterocycles. The topological polar surface area (TPSA) is 104 Å². The lowest BCUT2D eigenvalue weighted by Gasteiger charge is -2.28. The van der Waals surface area contributed by atoms with Gasteiger partial charge in [-0.05, 0) is 45.1 Å². The number of amides is 2. The number of benzene rings is 1. The third-order valence-electron chi connectivity index (χ3n) is 4.40. The first-order valence-corrected chi connectivity index (χ1v) is 9.25. The van der Waals surface area contributed by atoms with Gasteiger partial charge >= 0.3 is 0 Å². The lowest BCUT2D eigenvalue weighted by molar-refractivity contribution is -0.133. The highest BCUT2D eigenvalue weighted by Crippen LogP contribution is 2.33. The summed E-state index contributed by atoms with van der Waals surface area (Å²) in [6, 6.07) is 8.11. The number of aliphatic hydroxyl groups excluding tert-OH is 1. The summed E-state index contributed by atoms with van der Waals surface area (Å²) >= 11 is 0. The van der Waals surface area contributed by atoms with Gasteiger partial charge in [0.1, 0.15) is 0 Å². The lowest BCUT2D eigenvalue weighted by Crippen LogP contribution is -2.57. The van der Waals surface area contributed by atoms with Crippen LogP contribution in [0, 0.1) is 5.92 Å². The molecular formula is C20H31N3O3. The Morgan fingerprint density at radius 2 is 1.81 bits per heavy atom. The van der Waals surface area contributed by atoms with Gasteiger partial charge in [-0.15, -0.1) is 0 Å². The Morgan fingerprint density at radius 1 is 1.19 bits per heavy atom. The maximum atomic E-state index is 12.4. The first-order valence-electron chi connectivity index (χ1n) is 9.25. The fraction of sp³-hybridized carbons (Fsp3) is 0.600. The van der Waals surface area contributed by atoms with E-state index in [1.807, 2.05) is 51.1 Å². The third-order valence-corrected chi connectivity index (χ3v) is 4.40. The molecule has 26 heavy (non-hydrogen) atoms. The molecule has 1 saturated carbocycles. The van der Waals surface area contributed by atoms with Gasteiger partial charge in [-0.1, -0.05) is 43.2 Å². The fourth-order valence-electron chi connectivity index (χ4n) is 2.85. The van der Waals surface area contributed by atoms with Crippen molar-refractivity contribution in [3.8, 4) is 0 Å². The highest BCUT2D eigenvalue weighted by Gasteiger charge is 2.32. The molecule has 1 aromatic carbocycles. The maximum Gasteiger partial charge on any atom is 0.251 e. The zero-order chi connectivity index (χ0) is 19.3. The van der Waals surface area contributed by atoms with Crippen molar-refractivity contribution in [1.82, 2.24) is 10.6 Å². The van der Waals surface area contributed by atoms with Crippen LogP contribution in [0.1, 0.15) is 45.6 Å². The van der Waals surface area contributed by atoms with E-state index in [1.54, 1.807) is 0 Å². The Labute approximate surface area is 155 Å². The molecule has 144 valence electrons. The van der Waals surface area contributed by atoms with Crippen molar-refractivity contribution in [2.45, 2.75) is 70.2 Å². The molecule has 2 rings (SSSR count). The fourth-order valence-corrected chi connectivity index (χ4v) is 2.85. The number of carbonyl (C=O) groups is 2. The van der Waals surface area contributed by atoms with Crippen LogP contribution in [-0.2, 0) is 16.0 Å². The number of aliphatic hydroxyl groups is 1. The van der Waals surface area contributed by atoms with E-state index >= 15 is 0 Å². The van der Waals surface area contributed by atoms with Gasteiger partial charge in [-0.3, -0.25) is 9.59 Å². The smallest absolute Gasteiger partial charge is 0.251 e. The molecule has 0 saturated heterocycles. The molecule has 5 N–H and O–H groups in total. The highest BCUT2D eigenvalue weighted by atomic mass is 16.3. The SMILES string of the molecule is CC(C)(C)NC(=O)C(O)C(Cc1ccccc1)NC(=O)[C@@H](N)CC1CC1. The Balaban J connectivity index is 2.06. The number of nitrogens with two attached hydrogens (primary N) is 1. The molecule has 0 aliphatic heterocycles. The third kappa shape index (κ3) is 6.77. The number of nitrogens with one attached hydrogen (secondary N) is 2. The van der Waals surface area contributed by atoms with Gasteiger partial charge in [0, 0.05) is 5.54 Å². The van der Waals surface area contributed by atoms with Crippen molar-refractivity contribution < 1.29 is 14.7 Å². The van der Waals surface area contributed by atoms with Crippen LogP contribution < -0.4 is 16.4 Å². The summed E-state index contributed by atoms with van der Waals surface area (Å²) in [5.41, 5.74) is 6.44. The quantitative estimate of drug-likeness (QED) is 0.557. The molecule has 6 nitrogen and oxygen atoms in total. The second-order valence-electron chi connectivity index (χ2n) is 8.27. The summed E-state index contributed by atoms with van der Waals surface area (Å²) in [6.07, 6.45) is 1.87. The van der Waals surface area contributed by atoms with Crippen molar-refractivity contribution >= 4 is 11.8 Å². The van der Waals surface area contributed by atoms with Crippen molar-refractivity contribution in [1.29, 1.82) is 0 Å². The van der Waals surface area contributed by atoms with Gasteiger partial charge in [-0.2, -0.15) is 0 Å². The van der Waals surface area contributed by atoms with Crippen LogP contribution in [0.4, 0.5) is 0 Å². The summed E-state index contributed by atoms with van der Waals surface area (Å²) in [5.74, 6) is -0.299. The zero-order valence-electron chi connectivity index (χ0n) is 15.9. The number of carbonyl (C=O) groups excluding carboxylic acids is 2. The lowest BCUT2D eigenvalue weighted by atomic mass is 9.98. The van der Waals surface area contributed by atoms with Crippen molar-refractivity contribution in [2.24, 2.45) is 11.7 Å². The molecule has 0 radical (unpaired) electrons. The van der Waals surface area contributed by atoms with Gasteiger partial charge < -0.3 is 21.5 Å². The van der Waals surface area contributed by atoms with E-state index in [2.05, 4.69) is 10.6 Å². The van der Waals surface area contributed by atoms with Crippen LogP contribution in [0.15, 0.2) is 30.3 Å². The Hall–Kier alpha value is -1.92. The molecule has 1 aliphatic rings. The van der Waals surface area contributed by atoms with Crippen LogP contribution in [0.2, 0.25) is 0 Å². The highest BCUT2D eigenvalue weighted by molar-refractivity contribution is 5.85. The Kier molecular flexibility index (Phi) is 6.78. The van der Waals surface area contributed by atoms with Crippen LogP contribution in [0.5, 0.6) is 0 Å². The molecule has 1 aliphatic carbocycles. The van der Waals surface area contributed by atoms with Gasteiger partial charge in [0.15, 0.2) is 6.10 Å². The van der Waals surface area contributed by atoms with E-state index in [0.29, 0.717) is 18.8 Å². The van der Waals surface area contributed by atoms with Gasteiger partial charge in [0.05, 0.1) is 12.1 Å². The molecule has 0 spiro atoms. The molecule has 6 heteroatoms. The Bertz CT molecular complexity index is 608. The predicted molar refractivity (Wildman–Crippen MR) is 101 cm³/mol. The summed E-state index contributed by atoms with van der Waals surface area (Å²) in [5, 5.41) is 16.1. The first kappa shape index (κ1) is 20.4. The average Bonchev–Trinajstić information content (AvgIpc) is 3.36. The molecule has 0 bridgehead atoms. The monoisotopic (exact) mass is 361 g/mol. The van der Waals surface area contributed by atoms with Crippen molar-refractivity contribution in [3.05, 3.63) is 35.9 Å². The standard InChI is InChI=1S/C20H31N3O3/c1-20(2,3)23-19(26)17(24)16(12-13-7-5-4-6-8-13)22-18(25)15(21)11-14-9-10-14/h4-8,14-17,24H,9-12,21H2,1-3H3,(H,22,25)(H,23,26)/t15-,16?,17?/m0/s1. The van der Waals surface area contributed by atoms with Gasteiger partial charge in [0.25, 0.3) is 5.91 Å². The van der Waals surface area contributed by atoms with Crippen LogP contribution in [0.25, 0.3) is 0 Å². The second-order valence-corrected chi connectivity index (χ2v) is 8.27. The van der Waals surface area contributed by atoms with Crippen LogP contribution >= 0.6 is 0 Å². The van der Waals surface area contributed by atoms with E-state index < -0.39 is 29.6 Å². The summed E-state index contributed by atoms with van der Waals surface area (Å²) in [4.78, 5) is 24.8. The second kappa shape index (κ2) is 8.64. The Morgan fingerprint density at radius 3 is 2.35 bits per heavy atom. The van der Waals surface area contributed by atoms with E-state index in [0.717, 1.165) is 18.4 Å². The largest absolute Gasteiger partial charge is 0.381 e. The molecule has 2 amide bonds. The van der Waals surface area contributed by atoms with Gasteiger partial charge in [-0.25, -0.2) is 0 Å². The first-order chi connectivity index (χ1) is 12.2. The predicted octanol–water partition coefficient (Wildman–Crippen LogP) is 1.12. The number of hydrogen-bond donors (Lipinski definition) is 4. The molecule has 2 unspecified atom stereocenters. The van der Waals surface area contributed by atoms with E-state index in [1.165, 1.54) is 0 Å². The molecule has 1 fully saturated rings. The number of hydrogen-bond acceptors (Lipinski definition) is 4. The average molecular weight is 361 g/mol. The summed E-state index contributed by atoms with van der Waals surface area (Å²) < 4.78 is 0. The molecule has 3 atom stereocenters. The van der Waals surface area contributed by atoms with Crippen molar-refractivity contribution in [2.75, 3.05) is 0 Å². The number of rotatable bonds is 8. The molecular weight excluding hydrogens is 330 g/mol. The summed E-state index contributed by atoms with van der Waals surface area (Å²) in [7, 11) is 0. The molecule has 0 heterocycles.